The molecular weight excluding hydrogens is 276 g/mol. The zero-order chi connectivity index (χ0) is 14.1. The van der Waals surface area contributed by atoms with Gasteiger partial charge in [-0.1, -0.05) is 18.2 Å². The molecule has 0 radical (unpaired) electrons. The third-order valence-electron chi connectivity index (χ3n) is 3.06. The van der Waals surface area contributed by atoms with Gasteiger partial charge in [-0.2, -0.15) is 0 Å². The Morgan fingerprint density at radius 1 is 1.45 bits per heavy atom. The molecule has 0 aliphatic carbocycles. The molecule has 102 valence electrons. The monoisotopic (exact) mass is 288 g/mol. The second-order valence-corrected chi connectivity index (χ2v) is 4.67. The number of aromatic nitrogens is 3. The van der Waals surface area contributed by atoms with Gasteiger partial charge in [0.25, 0.3) is 0 Å². The van der Waals surface area contributed by atoms with E-state index in [4.69, 9.17) is 22.7 Å². The molecule has 2 aromatic heterocycles. The van der Waals surface area contributed by atoms with Crippen molar-refractivity contribution in [2.75, 3.05) is 6.61 Å². The van der Waals surface area contributed by atoms with Crippen LogP contribution >= 0.6 is 12.2 Å². The van der Waals surface area contributed by atoms with E-state index in [1.165, 1.54) is 0 Å². The molecule has 0 bridgehead atoms. The van der Waals surface area contributed by atoms with E-state index in [1.54, 1.807) is 6.20 Å². The van der Waals surface area contributed by atoms with Gasteiger partial charge in [-0.05, 0) is 18.3 Å². The molecule has 7 heteroatoms. The molecule has 0 aliphatic heterocycles. The quantitative estimate of drug-likeness (QED) is 0.724. The van der Waals surface area contributed by atoms with Crippen LogP contribution in [0.2, 0.25) is 0 Å². The summed E-state index contributed by atoms with van der Waals surface area (Å²) in [5.41, 5.74) is 7.65. The topological polar surface area (TPSA) is 85.9 Å². The van der Waals surface area contributed by atoms with Crippen LogP contribution in [0.25, 0.3) is 21.9 Å². The fourth-order valence-electron chi connectivity index (χ4n) is 2.24. The Kier molecular flexibility index (Phi) is 3.11. The normalized spacial score (nSPS) is 11.0. The standard InChI is InChI=1S/C13H12N4O2S/c14-12(18)19-6-5-17-11-8-3-1-2-4-9(8)15-7-10(11)16-13(17)20/h1-4,7H,5-6H2,(H2,14,18)(H,16,20). The number of carbonyl (C=O) groups is 1. The average Bonchev–Trinajstić information content (AvgIpc) is 2.75. The summed E-state index contributed by atoms with van der Waals surface area (Å²) in [4.78, 5) is 18.1. The number of nitrogens with zero attached hydrogens (tertiary/aromatic N) is 2. The van der Waals surface area contributed by atoms with Crippen molar-refractivity contribution in [3.63, 3.8) is 0 Å². The Hall–Kier alpha value is -2.41. The first kappa shape index (κ1) is 12.6. The van der Waals surface area contributed by atoms with Crippen LogP contribution in [0.5, 0.6) is 0 Å². The van der Waals surface area contributed by atoms with Crippen LogP contribution in [0, 0.1) is 4.77 Å². The highest BCUT2D eigenvalue weighted by Gasteiger charge is 2.09. The SMILES string of the molecule is NC(=O)OCCn1c(=S)[nH]c2cnc3ccccc3c21. The number of hydrogen-bond acceptors (Lipinski definition) is 4. The maximum atomic E-state index is 10.6. The van der Waals surface area contributed by atoms with Crippen LogP contribution in [0.1, 0.15) is 0 Å². The van der Waals surface area contributed by atoms with Gasteiger partial charge in [0, 0.05) is 5.39 Å². The van der Waals surface area contributed by atoms with Crippen molar-refractivity contribution in [1.82, 2.24) is 14.5 Å². The molecule has 0 atom stereocenters. The third-order valence-corrected chi connectivity index (χ3v) is 3.39. The zero-order valence-corrected chi connectivity index (χ0v) is 11.3. The van der Waals surface area contributed by atoms with Gasteiger partial charge in [-0.15, -0.1) is 0 Å². The number of nitrogens with one attached hydrogen (secondary N) is 1. The van der Waals surface area contributed by atoms with E-state index < -0.39 is 6.09 Å². The molecule has 0 spiro atoms. The van der Waals surface area contributed by atoms with Crippen LogP contribution in [0.15, 0.2) is 30.5 Å². The van der Waals surface area contributed by atoms with Gasteiger partial charge < -0.3 is 20.0 Å². The number of rotatable bonds is 3. The molecule has 1 aromatic carbocycles. The first-order valence-electron chi connectivity index (χ1n) is 6.05. The highest BCUT2D eigenvalue weighted by atomic mass is 32.1. The number of imidazole rings is 1. The minimum atomic E-state index is -0.789. The average molecular weight is 288 g/mol. The lowest BCUT2D eigenvalue weighted by Crippen LogP contribution is -2.16. The molecule has 0 unspecified atom stereocenters. The Morgan fingerprint density at radius 2 is 2.25 bits per heavy atom. The van der Waals surface area contributed by atoms with Crippen molar-refractivity contribution < 1.29 is 9.53 Å². The predicted molar refractivity (Wildman–Crippen MR) is 78.0 cm³/mol. The van der Waals surface area contributed by atoms with Gasteiger partial charge in [-0.25, -0.2) is 4.79 Å². The molecule has 3 N–H and O–H groups in total. The van der Waals surface area contributed by atoms with Crippen LogP contribution in [0.4, 0.5) is 4.79 Å². The number of pyridine rings is 1. The molecule has 0 saturated carbocycles. The van der Waals surface area contributed by atoms with E-state index in [2.05, 4.69) is 9.97 Å². The fourth-order valence-corrected chi connectivity index (χ4v) is 2.54. The summed E-state index contributed by atoms with van der Waals surface area (Å²) in [6.45, 7) is 0.614. The second kappa shape index (κ2) is 4.93. The van der Waals surface area contributed by atoms with Crippen molar-refractivity contribution >= 4 is 40.2 Å². The second-order valence-electron chi connectivity index (χ2n) is 4.29. The van der Waals surface area contributed by atoms with Crippen LogP contribution in [-0.2, 0) is 11.3 Å². The van der Waals surface area contributed by atoms with E-state index in [1.807, 2.05) is 28.8 Å². The first-order valence-corrected chi connectivity index (χ1v) is 6.46. The number of primary amides is 1. The predicted octanol–water partition coefficient (Wildman–Crippen LogP) is 2.34. The van der Waals surface area contributed by atoms with Gasteiger partial charge in [-0.3, -0.25) is 4.98 Å². The van der Waals surface area contributed by atoms with Crippen molar-refractivity contribution in [3.8, 4) is 0 Å². The zero-order valence-electron chi connectivity index (χ0n) is 10.5. The number of aromatic amines is 1. The number of benzene rings is 1. The Labute approximate surface area is 119 Å². The molecule has 3 aromatic rings. The fraction of sp³-hybridized carbons (Fsp3) is 0.154. The molecule has 6 nitrogen and oxygen atoms in total. The minimum Gasteiger partial charge on any atom is -0.448 e. The molecule has 2 heterocycles. The lowest BCUT2D eigenvalue weighted by Gasteiger charge is -2.06. The summed E-state index contributed by atoms with van der Waals surface area (Å²) in [5.74, 6) is 0. The van der Waals surface area contributed by atoms with E-state index in [0.29, 0.717) is 11.3 Å². The Bertz CT molecular complexity index is 852. The van der Waals surface area contributed by atoms with Gasteiger partial charge in [0.1, 0.15) is 6.61 Å². The van der Waals surface area contributed by atoms with Crippen LogP contribution in [0.3, 0.4) is 0 Å². The highest BCUT2D eigenvalue weighted by molar-refractivity contribution is 7.71. The molecule has 3 rings (SSSR count). The van der Waals surface area contributed by atoms with Crippen molar-refractivity contribution in [2.45, 2.75) is 6.54 Å². The lowest BCUT2D eigenvalue weighted by atomic mass is 10.2. The van der Waals surface area contributed by atoms with Crippen LogP contribution in [-0.4, -0.2) is 27.2 Å². The summed E-state index contributed by atoms with van der Waals surface area (Å²) in [5, 5.41) is 0.997. The number of amides is 1. The lowest BCUT2D eigenvalue weighted by molar-refractivity contribution is 0.152. The number of hydrogen-bond donors (Lipinski definition) is 2. The van der Waals surface area contributed by atoms with Gasteiger partial charge >= 0.3 is 6.09 Å². The maximum absolute atomic E-state index is 10.6. The van der Waals surface area contributed by atoms with Gasteiger partial charge in [0.2, 0.25) is 0 Å². The van der Waals surface area contributed by atoms with Crippen molar-refractivity contribution in [1.29, 1.82) is 0 Å². The number of H-pyrrole nitrogens is 1. The van der Waals surface area contributed by atoms with Gasteiger partial charge in [0.05, 0.1) is 29.3 Å². The molecule has 0 fully saturated rings. The summed E-state index contributed by atoms with van der Waals surface area (Å²) in [6.07, 6.45) is 0.960. The molecule has 0 saturated heterocycles. The molecule has 1 amide bonds. The summed E-state index contributed by atoms with van der Waals surface area (Å²) < 4.78 is 7.22. The minimum absolute atomic E-state index is 0.174. The molecule has 0 aliphatic rings. The Morgan fingerprint density at radius 3 is 3.05 bits per heavy atom. The van der Waals surface area contributed by atoms with Crippen molar-refractivity contribution in [3.05, 3.63) is 35.2 Å². The van der Waals surface area contributed by atoms with E-state index in [-0.39, 0.29) is 6.61 Å². The first-order chi connectivity index (χ1) is 9.66. The summed E-state index contributed by atoms with van der Waals surface area (Å²) in [6, 6.07) is 7.81. The van der Waals surface area contributed by atoms with E-state index in [0.717, 1.165) is 21.9 Å². The van der Waals surface area contributed by atoms with E-state index >= 15 is 0 Å². The number of ether oxygens (including phenoxy) is 1. The number of para-hydroxylation sites is 1. The smallest absolute Gasteiger partial charge is 0.404 e. The number of nitrogens with two attached hydrogens (primary N) is 1. The summed E-state index contributed by atoms with van der Waals surface area (Å²) in [7, 11) is 0. The van der Waals surface area contributed by atoms with E-state index in [9.17, 15) is 4.79 Å². The summed E-state index contributed by atoms with van der Waals surface area (Å²) >= 11 is 5.30. The van der Waals surface area contributed by atoms with Gasteiger partial charge in [0.15, 0.2) is 4.77 Å². The molecule has 20 heavy (non-hydrogen) atoms. The highest BCUT2D eigenvalue weighted by Crippen LogP contribution is 2.23. The maximum Gasteiger partial charge on any atom is 0.404 e. The Balaban J connectivity index is 2.15. The third kappa shape index (κ3) is 2.12. The number of fused-ring (bicyclic) bond motifs is 3. The van der Waals surface area contributed by atoms with Crippen molar-refractivity contribution in [2.24, 2.45) is 5.73 Å². The van der Waals surface area contributed by atoms with Crippen LogP contribution < -0.4 is 5.73 Å². The largest absolute Gasteiger partial charge is 0.448 e. The molecular formula is C13H12N4O2S. The number of carbonyl (C=O) groups excluding carboxylic acids is 1.